The van der Waals surface area contributed by atoms with Crippen molar-refractivity contribution in [3.05, 3.63) is 75.9 Å². The van der Waals surface area contributed by atoms with Crippen molar-refractivity contribution < 1.29 is 21.6 Å². The van der Waals surface area contributed by atoms with Crippen LogP contribution in [0.4, 0.5) is 19.0 Å². The molecular weight excluding hydrogens is 448 g/mol. The van der Waals surface area contributed by atoms with Gasteiger partial charge in [0.2, 0.25) is 0 Å². The Morgan fingerprint density at radius 3 is 2.28 bits per heavy atom. The van der Waals surface area contributed by atoms with E-state index in [1.165, 1.54) is 6.07 Å². The molecule has 0 fully saturated rings. The predicted molar refractivity (Wildman–Crippen MR) is 107 cm³/mol. The van der Waals surface area contributed by atoms with Gasteiger partial charge in [0.05, 0.1) is 10.5 Å². The quantitative estimate of drug-likeness (QED) is 0.505. The molecule has 0 radical (unpaired) electrons. The molecular formula is C19H13Cl2F3N2O2S. The van der Waals surface area contributed by atoms with Crippen LogP contribution in [0.15, 0.2) is 59.5 Å². The minimum Gasteiger partial charge on any atom is -0.263 e. The van der Waals surface area contributed by atoms with Crippen LogP contribution >= 0.6 is 23.2 Å². The fraction of sp³-hybridized carbons (Fsp3) is 0.105. The van der Waals surface area contributed by atoms with Crippen molar-refractivity contribution in [3.8, 4) is 11.1 Å². The second-order valence-corrected chi connectivity index (χ2v) is 8.61. The highest BCUT2D eigenvalue weighted by molar-refractivity contribution is 7.92. The van der Waals surface area contributed by atoms with E-state index in [4.69, 9.17) is 23.2 Å². The topological polar surface area (TPSA) is 59.1 Å². The molecule has 1 heterocycles. The van der Waals surface area contributed by atoms with E-state index in [0.29, 0.717) is 32.9 Å². The van der Waals surface area contributed by atoms with Crippen LogP contribution in [0.2, 0.25) is 10.0 Å². The molecule has 0 aliphatic carbocycles. The first-order chi connectivity index (χ1) is 13.5. The summed E-state index contributed by atoms with van der Waals surface area (Å²) in [7, 11) is -4.26. The molecule has 0 unspecified atom stereocenters. The Morgan fingerprint density at radius 1 is 0.966 bits per heavy atom. The van der Waals surface area contributed by atoms with Gasteiger partial charge >= 0.3 is 6.18 Å². The molecule has 29 heavy (non-hydrogen) atoms. The first kappa shape index (κ1) is 21.4. The average molecular weight is 461 g/mol. The number of nitrogens with zero attached hydrogens (tertiary/aromatic N) is 1. The van der Waals surface area contributed by atoms with Crippen LogP contribution < -0.4 is 4.72 Å². The second kappa shape index (κ2) is 7.85. The number of hydrogen-bond donors (Lipinski definition) is 1. The number of anilines is 1. The summed E-state index contributed by atoms with van der Waals surface area (Å²) in [5.74, 6) is -0.0336. The zero-order valence-corrected chi connectivity index (χ0v) is 17.1. The predicted octanol–water partition coefficient (Wildman–Crippen LogP) is 6.18. The Morgan fingerprint density at radius 2 is 1.66 bits per heavy atom. The number of benzene rings is 2. The van der Waals surface area contributed by atoms with Crippen LogP contribution in [0.1, 0.15) is 11.3 Å². The molecule has 1 aromatic heterocycles. The van der Waals surface area contributed by atoms with Crippen molar-refractivity contribution in [3.63, 3.8) is 0 Å². The minimum atomic E-state index is -4.65. The fourth-order valence-corrected chi connectivity index (χ4v) is 4.20. The number of halogens is 5. The third-order valence-corrected chi connectivity index (χ3v) is 5.92. The third-order valence-electron chi connectivity index (χ3n) is 4.02. The van der Waals surface area contributed by atoms with Crippen molar-refractivity contribution >= 4 is 39.0 Å². The van der Waals surface area contributed by atoms with Crippen LogP contribution in [0, 0.1) is 6.92 Å². The molecule has 0 amide bonds. The number of aromatic nitrogens is 1. The van der Waals surface area contributed by atoms with Gasteiger partial charge in [0.25, 0.3) is 10.0 Å². The van der Waals surface area contributed by atoms with Crippen LogP contribution in [0.5, 0.6) is 0 Å². The summed E-state index contributed by atoms with van der Waals surface area (Å²) >= 11 is 12.1. The molecule has 3 aromatic rings. The van der Waals surface area contributed by atoms with Gasteiger partial charge in [-0.15, -0.1) is 0 Å². The molecule has 152 valence electrons. The van der Waals surface area contributed by atoms with Gasteiger partial charge in [-0.25, -0.2) is 13.4 Å². The van der Waals surface area contributed by atoms with Gasteiger partial charge in [-0.1, -0.05) is 35.3 Å². The average Bonchev–Trinajstić information content (AvgIpc) is 2.62. The normalized spacial score (nSPS) is 12.1. The monoisotopic (exact) mass is 460 g/mol. The Bertz CT molecular complexity index is 1180. The number of aryl methyl sites for hydroxylation is 1. The summed E-state index contributed by atoms with van der Waals surface area (Å²) in [5, 5.41) is 0.870. The lowest BCUT2D eigenvalue weighted by atomic mass is 10.0. The molecule has 4 nitrogen and oxygen atoms in total. The molecule has 0 atom stereocenters. The highest BCUT2D eigenvalue weighted by Gasteiger charge is 2.31. The fourth-order valence-electron chi connectivity index (χ4n) is 2.65. The number of pyridine rings is 1. The van der Waals surface area contributed by atoms with Crippen molar-refractivity contribution in [2.45, 2.75) is 18.0 Å². The Labute approximate surface area is 175 Å². The summed E-state index contributed by atoms with van der Waals surface area (Å²) in [5.41, 5.74) is 0.734. The van der Waals surface area contributed by atoms with Crippen LogP contribution in [0.25, 0.3) is 11.1 Å². The Balaban J connectivity index is 1.92. The molecule has 3 rings (SSSR count). The van der Waals surface area contributed by atoms with Gasteiger partial charge < -0.3 is 0 Å². The second-order valence-electron chi connectivity index (χ2n) is 6.08. The lowest BCUT2D eigenvalue weighted by Gasteiger charge is -2.13. The maximum Gasteiger partial charge on any atom is 0.416 e. The molecule has 0 aliphatic heterocycles. The standard InChI is InChI=1S/C19H13Cl2F3N2O2S/c1-11-15(16-6-5-13(20)10-17(16)21)7-8-18(25-11)26-29(27,28)14-4-2-3-12(9-14)19(22,23)24/h2-10H,1H3,(H,25,26). The lowest BCUT2D eigenvalue weighted by Crippen LogP contribution is -2.15. The Hall–Kier alpha value is -2.29. The van der Waals surface area contributed by atoms with Crippen LogP contribution in [-0.4, -0.2) is 13.4 Å². The van der Waals surface area contributed by atoms with Gasteiger partial charge in [-0.3, -0.25) is 4.72 Å². The largest absolute Gasteiger partial charge is 0.416 e. The molecule has 10 heteroatoms. The van der Waals surface area contributed by atoms with E-state index < -0.39 is 26.7 Å². The molecule has 0 bridgehead atoms. The molecule has 0 spiro atoms. The van der Waals surface area contributed by atoms with Gasteiger partial charge in [-0.05, 0) is 49.4 Å². The van der Waals surface area contributed by atoms with E-state index >= 15 is 0 Å². The highest BCUT2D eigenvalue weighted by Crippen LogP contribution is 2.33. The SMILES string of the molecule is Cc1nc(NS(=O)(=O)c2cccc(C(F)(F)F)c2)ccc1-c1ccc(Cl)cc1Cl. The maximum atomic E-state index is 12.9. The van der Waals surface area contributed by atoms with E-state index in [-0.39, 0.29) is 5.82 Å². The number of rotatable bonds is 4. The van der Waals surface area contributed by atoms with Crippen molar-refractivity contribution in [1.29, 1.82) is 0 Å². The lowest BCUT2D eigenvalue weighted by molar-refractivity contribution is -0.137. The van der Waals surface area contributed by atoms with E-state index in [1.807, 2.05) is 0 Å². The van der Waals surface area contributed by atoms with E-state index in [9.17, 15) is 21.6 Å². The summed E-state index contributed by atoms with van der Waals surface area (Å²) in [4.78, 5) is 3.67. The van der Waals surface area contributed by atoms with E-state index in [2.05, 4.69) is 9.71 Å². The van der Waals surface area contributed by atoms with E-state index in [1.54, 1.807) is 31.2 Å². The summed E-state index contributed by atoms with van der Waals surface area (Å²) < 4.78 is 65.7. The van der Waals surface area contributed by atoms with Gasteiger partial charge in [-0.2, -0.15) is 13.2 Å². The molecule has 0 saturated carbocycles. The van der Waals surface area contributed by atoms with Gasteiger partial charge in [0.15, 0.2) is 0 Å². The molecule has 1 N–H and O–H groups in total. The minimum absolute atomic E-state index is 0.0336. The third kappa shape index (κ3) is 4.83. The highest BCUT2D eigenvalue weighted by atomic mass is 35.5. The smallest absolute Gasteiger partial charge is 0.263 e. The first-order valence-electron chi connectivity index (χ1n) is 8.10. The molecule has 0 aliphatic rings. The Kier molecular flexibility index (Phi) is 5.80. The zero-order chi connectivity index (χ0) is 21.4. The molecule has 0 saturated heterocycles. The van der Waals surface area contributed by atoms with Gasteiger partial charge in [0, 0.05) is 26.9 Å². The van der Waals surface area contributed by atoms with Crippen molar-refractivity contribution in [2.75, 3.05) is 4.72 Å². The number of sulfonamides is 1. The number of nitrogens with one attached hydrogen (secondary N) is 1. The first-order valence-corrected chi connectivity index (χ1v) is 10.3. The van der Waals surface area contributed by atoms with Crippen LogP contribution in [-0.2, 0) is 16.2 Å². The van der Waals surface area contributed by atoms with Crippen molar-refractivity contribution in [1.82, 2.24) is 4.98 Å². The maximum absolute atomic E-state index is 12.9. The summed E-state index contributed by atoms with van der Waals surface area (Å²) in [6.07, 6.45) is -4.65. The van der Waals surface area contributed by atoms with Crippen molar-refractivity contribution in [2.24, 2.45) is 0 Å². The van der Waals surface area contributed by atoms with Crippen LogP contribution in [0.3, 0.4) is 0 Å². The zero-order valence-electron chi connectivity index (χ0n) is 14.8. The van der Waals surface area contributed by atoms with E-state index in [0.717, 1.165) is 18.2 Å². The number of alkyl halides is 3. The van der Waals surface area contributed by atoms with Gasteiger partial charge in [0.1, 0.15) is 5.82 Å². The number of hydrogen-bond acceptors (Lipinski definition) is 3. The summed E-state index contributed by atoms with van der Waals surface area (Å²) in [6.45, 7) is 1.66. The summed E-state index contributed by atoms with van der Waals surface area (Å²) in [6, 6.07) is 11.4. The molecule has 2 aromatic carbocycles.